The van der Waals surface area contributed by atoms with E-state index in [1.165, 1.54) is 49.4 Å². The largest absolute Gasteiger partial charge is 0.481 e. The number of amides is 1. The molecule has 8 nitrogen and oxygen atoms in total. The molecule has 0 fully saturated rings. The van der Waals surface area contributed by atoms with Crippen molar-refractivity contribution in [2.24, 2.45) is 0 Å². The number of nitrogens with one attached hydrogen (secondary N) is 3. The molecule has 2 aromatic rings. The number of halogens is 2. The van der Waals surface area contributed by atoms with E-state index in [1.807, 2.05) is 0 Å². The second-order valence-electron chi connectivity index (χ2n) is 5.20. The van der Waals surface area contributed by atoms with Gasteiger partial charge in [-0.1, -0.05) is 11.6 Å². The zero-order chi connectivity index (χ0) is 20.0. The summed E-state index contributed by atoms with van der Waals surface area (Å²) in [5.74, 6) is -0.644. The SMILES string of the molecule is C[C@H](Oc1ccc(F)cc1)C(=O)NNC(=S)Nc1cc([N+](=O)[O-])ccc1Cl. The van der Waals surface area contributed by atoms with Crippen molar-refractivity contribution in [3.8, 4) is 5.75 Å². The summed E-state index contributed by atoms with van der Waals surface area (Å²) >= 11 is 11.0. The highest BCUT2D eigenvalue weighted by Gasteiger charge is 2.15. The third kappa shape index (κ3) is 6.04. The molecular weight excluding hydrogens is 399 g/mol. The number of non-ortho nitro benzene ring substituents is 1. The summed E-state index contributed by atoms with van der Waals surface area (Å²) in [5, 5.41) is 13.6. The maximum absolute atomic E-state index is 12.9. The Hall–Kier alpha value is -2.98. The molecule has 2 aromatic carbocycles. The summed E-state index contributed by atoms with van der Waals surface area (Å²) in [6, 6.07) is 9.01. The van der Waals surface area contributed by atoms with Crippen LogP contribution in [0.25, 0.3) is 0 Å². The number of ether oxygens (including phenoxy) is 1. The zero-order valence-corrected chi connectivity index (χ0v) is 15.4. The molecule has 11 heteroatoms. The van der Waals surface area contributed by atoms with Crippen LogP contribution in [0.4, 0.5) is 15.8 Å². The Bertz CT molecular complexity index is 866. The average molecular weight is 413 g/mol. The Labute approximate surface area is 163 Å². The van der Waals surface area contributed by atoms with E-state index < -0.39 is 22.8 Å². The highest BCUT2D eigenvalue weighted by atomic mass is 35.5. The number of hydrogen-bond acceptors (Lipinski definition) is 5. The Morgan fingerprint density at radius 2 is 1.93 bits per heavy atom. The van der Waals surface area contributed by atoms with E-state index in [1.54, 1.807) is 0 Å². The first-order chi connectivity index (χ1) is 12.8. The molecule has 0 radical (unpaired) electrons. The number of carbonyl (C=O) groups is 1. The van der Waals surface area contributed by atoms with Crippen LogP contribution >= 0.6 is 23.8 Å². The number of hydrogen-bond donors (Lipinski definition) is 3. The van der Waals surface area contributed by atoms with Crippen LogP contribution in [0.5, 0.6) is 5.75 Å². The van der Waals surface area contributed by atoms with Crippen molar-refractivity contribution >= 4 is 46.2 Å². The molecule has 0 spiro atoms. The molecule has 0 aromatic heterocycles. The first kappa shape index (κ1) is 20.3. The lowest BCUT2D eigenvalue weighted by atomic mass is 10.3. The van der Waals surface area contributed by atoms with Crippen molar-refractivity contribution < 1.29 is 18.8 Å². The van der Waals surface area contributed by atoms with Crippen LogP contribution in [-0.4, -0.2) is 22.0 Å². The second-order valence-corrected chi connectivity index (χ2v) is 6.02. The molecule has 0 saturated heterocycles. The number of nitro groups is 1. The minimum absolute atomic E-state index is 0.0419. The van der Waals surface area contributed by atoms with Crippen molar-refractivity contribution in [3.05, 3.63) is 63.4 Å². The number of carbonyl (C=O) groups excluding carboxylic acids is 1. The van der Waals surface area contributed by atoms with Crippen molar-refractivity contribution in [2.75, 3.05) is 5.32 Å². The van der Waals surface area contributed by atoms with Gasteiger partial charge in [-0.15, -0.1) is 0 Å². The number of nitro benzene ring substituents is 1. The predicted octanol–water partition coefficient (Wildman–Crippen LogP) is 3.17. The maximum Gasteiger partial charge on any atom is 0.279 e. The molecule has 1 atom stereocenters. The Balaban J connectivity index is 1.87. The minimum atomic E-state index is -0.896. The predicted molar refractivity (Wildman–Crippen MR) is 102 cm³/mol. The van der Waals surface area contributed by atoms with Crippen molar-refractivity contribution in [1.82, 2.24) is 10.9 Å². The molecule has 142 valence electrons. The van der Waals surface area contributed by atoms with Crippen LogP contribution in [-0.2, 0) is 4.79 Å². The Morgan fingerprint density at radius 3 is 2.56 bits per heavy atom. The van der Waals surface area contributed by atoms with E-state index in [-0.39, 0.29) is 21.5 Å². The molecule has 0 aliphatic heterocycles. The number of anilines is 1. The maximum atomic E-state index is 12.9. The van der Waals surface area contributed by atoms with Crippen molar-refractivity contribution in [1.29, 1.82) is 0 Å². The van der Waals surface area contributed by atoms with Crippen LogP contribution in [0.3, 0.4) is 0 Å². The van der Waals surface area contributed by atoms with Gasteiger partial charge in [-0.25, -0.2) is 4.39 Å². The molecule has 0 saturated carbocycles. The Kier molecular flexibility index (Phi) is 6.85. The summed E-state index contributed by atoms with van der Waals surface area (Å²) in [5.41, 5.74) is 4.79. The fraction of sp³-hybridized carbons (Fsp3) is 0.125. The summed E-state index contributed by atoms with van der Waals surface area (Å²) in [6.07, 6.45) is -0.896. The molecule has 0 bridgehead atoms. The molecule has 0 aliphatic carbocycles. The highest BCUT2D eigenvalue weighted by Crippen LogP contribution is 2.26. The number of rotatable bonds is 5. The monoisotopic (exact) mass is 412 g/mol. The molecule has 1 amide bonds. The van der Waals surface area contributed by atoms with E-state index in [0.717, 1.165) is 0 Å². The molecule has 0 heterocycles. The van der Waals surface area contributed by atoms with Crippen LogP contribution < -0.4 is 20.9 Å². The van der Waals surface area contributed by atoms with Gasteiger partial charge in [0.25, 0.3) is 11.6 Å². The smallest absolute Gasteiger partial charge is 0.279 e. The van der Waals surface area contributed by atoms with Crippen LogP contribution in [0.15, 0.2) is 42.5 Å². The van der Waals surface area contributed by atoms with Gasteiger partial charge in [-0.2, -0.15) is 0 Å². The lowest BCUT2D eigenvalue weighted by Gasteiger charge is -2.16. The van der Waals surface area contributed by atoms with Crippen molar-refractivity contribution in [3.63, 3.8) is 0 Å². The first-order valence-corrected chi connectivity index (χ1v) is 8.28. The number of thiocarbonyl (C=S) groups is 1. The van der Waals surface area contributed by atoms with Gasteiger partial charge in [0, 0.05) is 12.1 Å². The number of nitrogens with zero attached hydrogens (tertiary/aromatic N) is 1. The van der Waals surface area contributed by atoms with E-state index in [9.17, 15) is 19.3 Å². The van der Waals surface area contributed by atoms with Crippen molar-refractivity contribution in [2.45, 2.75) is 13.0 Å². The van der Waals surface area contributed by atoms with E-state index in [2.05, 4.69) is 16.2 Å². The van der Waals surface area contributed by atoms with Gasteiger partial charge in [0.1, 0.15) is 11.6 Å². The molecule has 0 unspecified atom stereocenters. The van der Waals surface area contributed by atoms with Crippen LogP contribution in [0.1, 0.15) is 6.92 Å². The highest BCUT2D eigenvalue weighted by molar-refractivity contribution is 7.80. The molecule has 27 heavy (non-hydrogen) atoms. The molecular formula is C16H14ClFN4O4S. The van der Waals surface area contributed by atoms with E-state index in [4.69, 9.17) is 28.6 Å². The van der Waals surface area contributed by atoms with Gasteiger partial charge in [-0.3, -0.25) is 25.8 Å². The van der Waals surface area contributed by atoms with Gasteiger partial charge in [0.05, 0.1) is 15.6 Å². The number of benzene rings is 2. The summed E-state index contributed by atoms with van der Waals surface area (Å²) < 4.78 is 18.2. The minimum Gasteiger partial charge on any atom is -0.481 e. The summed E-state index contributed by atoms with van der Waals surface area (Å²) in [7, 11) is 0. The van der Waals surface area contributed by atoms with Gasteiger partial charge < -0.3 is 10.1 Å². The Morgan fingerprint density at radius 1 is 1.26 bits per heavy atom. The standard InChI is InChI=1S/C16H14ClFN4O4S/c1-9(26-12-5-2-10(18)3-6-12)15(23)20-21-16(27)19-14-8-11(22(24)25)4-7-13(14)17/h2-9H,1H3,(H,20,23)(H2,19,21,27)/t9-/m0/s1. The van der Waals surface area contributed by atoms with E-state index in [0.29, 0.717) is 5.75 Å². The number of hydrazine groups is 1. The molecule has 2 rings (SSSR count). The van der Waals surface area contributed by atoms with Gasteiger partial charge >= 0.3 is 0 Å². The summed E-state index contributed by atoms with van der Waals surface area (Å²) in [4.78, 5) is 22.2. The second kappa shape index (κ2) is 9.10. The summed E-state index contributed by atoms with van der Waals surface area (Å²) in [6.45, 7) is 1.49. The topological polar surface area (TPSA) is 106 Å². The first-order valence-electron chi connectivity index (χ1n) is 7.49. The van der Waals surface area contributed by atoms with E-state index >= 15 is 0 Å². The van der Waals surface area contributed by atoms with Crippen LogP contribution in [0, 0.1) is 15.9 Å². The average Bonchev–Trinajstić information content (AvgIpc) is 2.63. The fourth-order valence-corrected chi connectivity index (χ4v) is 2.19. The lowest BCUT2D eigenvalue weighted by molar-refractivity contribution is -0.384. The third-order valence-corrected chi connectivity index (χ3v) is 3.74. The fourth-order valence-electron chi connectivity index (χ4n) is 1.87. The zero-order valence-electron chi connectivity index (χ0n) is 13.9. The lowest BCUT2D eigenvalue weighted by Crippen LogP contribution is -2.48. The molecule has 0 aliphatic rings. The van der Waals surface area contributed by atoms with Crippen LogP contribution in [0.2, 0.25) is 5.02 Å². The van der Waals surface area contributed by atoms with Gasteiger partial charge in [-0.05, 0) is 49.5 Å². The van der Waals surface area contributed by atoms with Gasteiger partial charge in [0.2, 0.25) is 0 Å². The normalized spacial score (nSPS) is 11.2. The molecule has 3 N–H and O–H groups in total. The third-order valence-electron chi connectivity index (χ3n) is 3.20. The van der Waals surface area contributed by atoms with Gasteiger partial charge in [0.15, 0.2) is 11.2 Å². The quantitative estimate of drug-likeness (QED) is 0.393.